The number of carbonyl (C=O) groups is 1. The molecule has 0 aromatic rings. The zero-order valence-electron chi connectivity index (χ0n) is 8.08. The summed E-state index contributed by atoms with van der Waals surface area (Å²) in [6.07, 6.45) is 6.05. The van der Waals surface area contributed by atoms with E-state index >= 15 is 0 Å². The molecule has 72 valence electrons. The lowest BCUT2D eigenvalue weighted by atomic mass is 9.93. The Morgan fingerprint density at radius 2 is 2.38 bits per heavy atom. The van der Waals surface area contributed by atoms with Crippen molar-refractivity contribution in [2.24, 2.45) is 11.8 Å². The van der Waals surface area contributed by atoms with E-state index in [0.717, 1.165) is 25.0 Å². The van der Waals surface area contributed by atoms with E-state index in [9.17, 15) is 4.79 Å². The standard InChI is InChI=1S/C11H16O2/c1-8(9-4-5-9)11(12)10-3-2-6-13-7-10/h7-9H,2-6H2,1H3. The third kappa shape index (κ3) is 1.93. The molecule has 1 aliphatic carbocycles. The van der Waals surface area contributed by atoms with Gasteiger partial charge in [-0.1, -0.05) is 6.92 Å². The highest BCUT2D eigenvalue weighted by Gasteiger charge is 2.34. The molecule has 0 aromatic carbocycles. The number of ketones is 1. The van der Waals surface area contributed by atoms with E-state index in [1.54, 1.807) is 6.26 Å². The van der Waals surface area contributed by atoms with Crippen LogP contribution in [-0.2, 0) is 9.53 Å². The van der Waals surface area contributed by atoms with Gasteiger partial charge in [0.15, 0.2) is 5.78 Å². The van der Waals surface area contributed by atoms with Gasteiger partial charge in [0.2, 0.25) is 0 Å². The van der Waals surface area contributed by atoms with Crippen molar-refractivity contribution in [3.05, 3.63) is 11.8 Å². The highest BCUT2D eigenvalue weighted by molar-refractivity contribution is 5.97. The Morgan fingerprint density at radius 1 is 1.62 bits per heavy atom. The summed E-state index contributed by atoms with van der Waals surface area (Å²) in [7, 11) is 0. The van der Waals surface area contributed by atoms with Crippen LogP contribution in [0, 0.1) is 11.8 Å². The second-order valence-electron chi connectivity index (χ2n) is 4.11. The van der Waals surface area contributed by atoms with Gasteiger partial charge < -0.3 is 4.74 Å². The lowest BCUT2D eigenvalue weighted by Crippen LogP contribution is -2.17. The summed E-state index contributed by atoms with van der Waals surface area (Å²) in [6, 6.07) is 0. The van der Waals surface area contributed by atoms with Crippen LogP contribution in [0.5, 0.6) is 0 Å². The van der Waals surface area contributed by atoms with E-state index in [4.69, 9.17) is 4.74 Å². The molecule has 0 spiro atoms. The lowest BCUT2D eigenvalue weighted by molar-refractivity contribution is -0.119. The van der Waals surface area contributed by atoms with E-state index < -0.39 is 0 Å². The number of rotatable bonds is 3. The number of hydrogen-bond donors (Lipinski definition) is 0. The van der Waals surface area contributed by atoms with Crippen LogP contribution < -0.4 is 0 Å². The second-order valence-corrected chi connectivity index (χ2v) is 4.11. The normalized spacial score (nSPS) is 24.5. The first kappa shape index (κ1) is 8.79. The van der Waals surface area contributed by atoms with Gasteiger partial charge in [0.05, 0.1) is 12.9 Å². The maximum absolute atomic E-state index is 11.8. The molecule has 0 bridgehead atoms. The van der Waals surface area contributed by atoms with Crippen LogP contribution in [0.2, 0.25) is 0 Å². The molecule has 0 amide bonds. The summed E-state index contributed by atoms with van der Waals surface area (Å²) in [5, 5.41) is 0. The maximum Gasteiger partial charge on any atom is 0.164 e. The van der Waals surface area contributed by atoms with Gasteiger partial charge >= 0.3 is 0 Å². The summed E-state index contributed by atoms with van der Waals surface area (Å²) in [6.45, 7) is 2.82. The summed E-state index contributed by atoms with van der Waals surface area (Å²) in [5.41, 5.74) is 0.908. The highest BCUT2D eigenvalue weighted by atomic mass is 16.5. The first-order valence-electron chi connectivity index (χ1n) is 5.14. The zero-order chi connectivity index (χ0) is 9.26. The van der Waals surface area contributed by atoms with Crippen molar-refractivity contribution in [3.8, 4) is 0 Å². The molecule has 0 saturated heterocycles. The largest absolute Gasteiger partial charge is 0.501 e. The average molecular weight is 180 g/mol. The molecule has 0 aromatic heterocycles. The van der Waals surface area contributed by atoms with E-state index in [1.165, 1.54) is 12.8 Å². The van der Waals surface area contributed by atoms with Crippen LogP contribution >= 0.6 is 0 Å². The zero-order valence-corrected chi connectivity index (χ0v) is 8.08. The Kier molecular flexibility index (Phi) is 2.38. The Hall–Kier alpha value is -0.790. The summed E-state index contributed by atoms with van der Waals surface area (Å²) in [5.74, 6) is 1.21. The molecule has 0 radical (unpaired) electrons. The number of allylic oxidation sites excluding steroid dienone is 1. The first-order chi connectivity index (χ1) is 6.29. The van der Waals surface area contributed by atoms with Gasteiger partial charge in [0.25, 0.3) is 0 Å². The molecule has 13 heavy (non-hydrogen) atoms. The van der Waals surface area contributed by atoms with Crippen molar-refractivity contribution in [3.63, 3.8) is 0 Å². The van der Waals surface area contributed by atoms with E-state index in [1.807, 2.05) is 0 Å². The summed E-state index contributed by atoms with van der Waals surface area (Å²) >= 11 is 0. The van der Waals surface area contributed by atoms with Crippen LogP contribution in [-0.4, -0.2) is 12.4 Å². The van der Waals surface area contributed by atoms with Crippen molar-refractivity contribution in [2.45, 2.75) is 32.6 Å². The van der Waals surface area contributed by atoms with E-state index in [2.05, 4.69) is 6.92 Å². The molecule has 0 N–H and O–H groups in total. The molecule has 2 heteroatoms. The van der Waals surface area contributed by atoms with Gasteiger partial charge in [-0.2, -0.15) is 0 Å². The predicted molar refractivity (Wildman–Crippen MR) is 50.2 cm³/mol. The summed E-state index contributed by atoms with van der Waals surface area (Å²) < 4.78 is 5.17. The Morgan fingerprint density at radius 3 is 2.92 bits per heavy atom. The molecule has 1 saturated carbocycles. The first-order valence-corrected chi connectivity index (χ1v) is 5.14. The SMILES string of the molecule is CC(C(=O)C1=COCCC1)C1CC1. The second kappa shape index (κ2) is 3.52. The molecule has 1 aliphatic heterocycles. The topological polar surface area (TPSA) is 26.3 Å². The summed E-state index contributed by atoms with van der Waals surface area (Å²) in [4.78, 5) is 11.8. The third-order valence-corrected chi connectivity index (χ3v) is 2.99. The molecular weight excluding hydrogens is 164 g/mol. The quantitative estimate of drug-likeness (QED) is 0.666. The number of carbonyl (C=O) groups excluding carboxylic acids is 1. The van der Waals surface area contributed by atoms with Crippen LogP contribution in [0.15, 0.2) is 11.8 Å². The average Bonchev–Trinajstić information content (AvgIpc) is 3.00. The third-order valence-electron chi connectivity index (χ3n) is 2.99. The number of ether oxygens (including phenoxy) is 1. The minimum Gasteiger partial charge on any atom is -0.501 e. The van der Waals surface area contributed by atoms with Crippen molar-refractivity contribution in [2.75, 3.05) is 6.61 Å². The fourth-order valence-electron chi connectivity index (χ4n) is 1.85. The molecular formula is C11H16O2. The van der Waals surface area contributed by atoms with Crippen LogP contribution in [0.1, 0.15) is 32.6 Å². The van der Waals surface area contributed by atoms with Crippen molar-refractivity contribution < 1.29 is 9.53 Å². The van der Waals surface area contributed by atoms with E-state index in [-0.39, 0.29) is 5.92 Å². The molecule has 1 atom stereocenters. The van der Waals surface area contributed by atoms with Crippen molar-refractivity contribution in [1.29, 1.82) is 0 Å². The van der Waals surface area contributed by atoms with Gasteiger partial charge in [0, 0.05) is 11.5 Å². The van der Waals surface area contributed by atoms with Gasteiger partial charge in [-0.3, -0.25) is 4.79 Å². The van der Waals surface area contributed by atoms with Crippen molar-refractivity contribution >= 4 is 5.78 Å². The smallest absolute Gasteiger partial charge is 0.164 e. The molecule has 1 unspecified atom stereocenters. The molecule has 2 aliphatic rings. The van der Waals surface area contributed by atoms with Crippen LogP contribution in [0.25, 0.3) is 0 Å². The molecule has 1 heterocycles. The fraction of sp³-hybridized carbons (Fsp3) is 0.727. The molecule has 2 rings (SSSR count). The van der Waals surface area contributed by atoms with Gasteiger partial charge in [-0.25, -0.2) is 0 Å². The molecule has 2 nitrogen and oxygen atoms in total. The monoisotopic (exact) mass is 180 g/mol. The highest BCUT2D eigenvalue weighted by Crippen LogP contribution is 2.38. The van der Waals surface area contributed by atoms with Gasteiger partial charge in [0.1, 0.15) is 0 Å². The number of hydrogen-bond acceptors (Lipinski definition) is 2. The fourth-order valence-corrected chi connectivity index (χ4v) is 1.85. The maximum atomic E-state index is 11.8. The van der Waals surface area contributed by atoms with Crippen molar-refractivity contribution in [1.82, 2.24) is 0 Å². The number of Topliss-reactive ketones (excluding diaryl/α,β-unsaturated/α-hetero) is 1. The Labute approximate surface area is 79.0 Å². The predicted octanol–water partition coefficient (Wildman–Crippen LogP) is 2.30. The minimum absolute atomic E-state index is 0.230. The Bertz CT molecular complexity index is 238. The minimum atomic E-state index is 0.230. The van der Waals surface area contributed by atoms with E-state index in [0.29, 0.717) is 11.7 Å². The Balaban J connectivity index is 1.98. The van der Waals surface area contributed by atoms with Crippen LogP contribution in [0.3, 0.4) is 0 Å². The van der Waals surface area contributed by atoms with Gasteiger partial charge in [-0.05, 0) is 31.6 Å². The lowest BCUT2D eigenvalue weighted by Gasteiger charge is -2.15. The van der Waals surface area contributed by atoms with Crippen LogP contribution in [0.4, 0.5) is 0 Å². The van der Waals surface area contributed by atoms with Gasteiger partial charge in [-0.15, -0.1) is 0 Å². The molecule has 1 fully saturated rings.